The number of hydrogen-bond acceptors (Lipinski definition) is 2. The minimum absolute atomic E-state index is 0.106. The van der Waals surface area contributed by atoms with E-state index in [1.54, 1.807) is 0 Å². The number of benzene rings is 1. The highest BCUT2D eigenvalue weighted by Crippen LogP contribution is 2.16. The third-order valence-corrected chi connectivity index (χ3v) is 3.14. The zero-order valence-electron chi connectivity index (χ0n) is 11.2. The third-order valence-electron chi connectivity index (χ3n) is 3.14. The highest BCUT2D eigenvalue weighted by atomic mass is 16.1. The number of carbonyl (C=O) groups is 1. The molecule has 0 aliphatic carbocycles. The molecule has 1 N–H and O–H groups in total. The van der Waals surface area contributed by atoms with Crippen LogP contribution in [0.15, 0.2) is 18.2 Å². The van der Waals surface area contributed by atoms with Gasteiger partial charge in [0.1, 0.15) is 5.82 Å². The van der Waals surface area contributed by atoms with Crippen LogP contribution in [0.1, 0.15) is 31.2 Å². The molecule has 1 heterocycles. The number of nitrogens with zero attached hydrogens (tertiary/aromatic N) is 2. The minimum Gasteiger partial charge on any atom is -0.352 e. The van der Waals surface area contributed by atoms with Crippen molar-refractivity contribution in [1.29, 1.82) is 0 Å². The molecule has 0 atom stereocenters. The number of hydrogen-bond donors (Lipinski definition) is 1. The van der Waals surface area contributed by atoms with E-state index >= 15 is 0 Å². The number of nitrogens with one attached hydrogen (secondary N) is 1. The second-order valence-electron chi connectivity index (χ2n) is 4.57. The molecule has 1 amide bonds. The molecule has 0 spiro atoms. The Kier molecular flexibility index (Phi) is 3.65. The van der Waals surface area contributed by atoms with Crippen molar-refractivity contribution in [1.82, 2.24) is 14.9 Å². The fourth-order valence-electron chi connectivity index (χ4n) is 1.99. The largest absolute Gasteiger partial charge is 0.352 e. The molecule has 4 nitrogen and oxygen atoms in total. The van der Waals surface area contributed by atoms with Crippen LogP contribution >= 0.6 is 0 Å². The van der Waals surface area contributed by atoms with Crippen LogP contribution in [0.25, 0.3) is 11.0 Å². The van der Waals surface area contributed by atoms with Crippen molar-refractivity contribution >= 4 is 16.9 Å². The maximum absolute atomic E-state index is 11.4. The molecule has 2 rings (SSSR count). The zero-order valence-corrected chi connectivity index (χ0v) is 11.2. The maximum Gasteiger partial charge on any atom is 0.220 e. The topological polar surface area (TPSA) is 46.9 Å². The molecule has 0 aliphatic heterocycles. The summed E-state index contributed by atoms with van der Waals surface area (Å²) in [4.78, 5) is 15.9. The van der Waals surface area contributed by atoms with E-state index in [1.807, 2.05) is 33.0 Å². The first-order chi connectivity index (χ1) is 8.61. The van der Waals surface area contributed by atoms with E-state index in [9.17, 15) is 4.79 Å². The van der Waals surface area contributed by atoms with E-state index in [-0.39, 0.29) is 5.91 Å². The minimum atomic E-state index is 0.106. The number of aromatic nitrogens is 2. The fraction of sp³-hybridized carbons (Fsp3) is 0.429. The molecule has 0 bridgehead atoms. The predicted molar refractivity (Wildman–Crippen MR) is 72.2 cm³/mol. The fourth-order valence-corrected chi connectivity index (χ4v) is 1.99. The van der Waals surface area contributed by atoms with Gasteiger partial charge in [0.2, 0.25) is 5.91 Å². The summed E-state index contributed by atoms with van der Waals surface area (Å²) in [7, 11) is 2.01. The molecule has 2 aromatic rings. The van der Waals surface area contributed by atoms with Gasteiger partial charge in [-0.3, -0.25) is 4.79 Å². The van der Waals surface area contributed by atoms with Crippen LogP contribution in [0, 0.1) is 6.92 Å². The maximum atomic E-state index is 11.4. The van der Waals surface area contributed by atoms with Gasteiger partial charge in [-0.25, -0.2) is 4.98 Å². The van der Waals surface area contributed by atoms with E-state index in [0.717, 1.165) is 28.8 Å². The van der Waals surface area contributed by atoms with Gasteiger partial charge < -0.3 is 9.88 Å². The van der Waals surface area contributed by atoms with Crippen LogP contribution in [0.4, 0.5) is 0 Å². The SMILES string of the molecule is CCCC(=O)NCc1ccc2c(c1)nc(C)n2C. The number of rotatable bonds is 4. The Morgan fingerprint density at radius 3 is 2.94 bits per heavy atom. The summed E-state index contributed by atoms with van der Waals surface area (Å²) in [6.07, 6.45) is 1.47. The molecule has 1 aromatic heterocycles. The zero-order chi connectivity index (χ0) is 13.1. The molecule has 0 saturated heterocycles. The number of aryl methyl sites for hydroxylation is 2. The second-order valence-corrected chi connectivity index (χ2v) is 4.57. The lowest BCUT2D eigenvalue weighted by Gasteiger charge is -2.04. The van der Waals surface area contributed by atoms with Crippen molar-refractivity contribution in [2.45, 2.75) is 33.2 Å². The quantitative estimate of drug-likeness (QED) is 0.898. The van der Waals surface area contributed by atoms with Crippen LogP contribution in [0.2, 0.25) is 0 Å². The molecule has 0 saturated carbocycles. The molecule has 0 fully saturated rings. The van der Waals surface area contributed by atoms with Gasteiger partial charge in [0, 0.05) is 20.0 Å². The van der Waals surface area contributed by atoms with Crippen molar-refractivity contribution in [3.05, 3.63) is 29.6 Å². The summed E-state index contributed by atoms with van der Waals surface area (Å²) < 4.78 is 2.06. The Balaban J connectivity index is 2.13. The first-order valence-electron chi connectivity index (χ1n) is 6.30. The van der Waals surface area contributed by atoms with E-state index in [1.165, 1.54) is 0 Å². The first kappa shape index (κ1) is 12.6. The average molecular weight is 245 g/mol. The van der Waals surface area contributed by atoms with Gasteiger partial charge in [-0.15, -0.1) is 0 Å². The molecule has 18 heavy (non-hydrogen) atoms. The number of amides is 1. The van der Waals surface area contributed by atoms with Gasteiger partial charge in [0.15, 0.2) is 0 Å². The van der Waals surface area contributed by atoms with Crippen molar-refractivity contribution in [3.63, 3.8) is 0 Å². The molecule has 4 heteroatoms. The molecular formula is C14H19N3O. The molecule has 0 radical (unpaired) electrons. The summed E-state index contributed by atoms with van der Waals surface area (Å²) in [6.45, 7) is 4.56. The third kappa shape index (κ3) is 2.53. The summed E-state index contributed by atoms with van der Waals surface area (Å²) >= 11 is 0. The van der Waals surface area contributed by atoms with Gasteiger partial charge in [-0.05, 0) is 31.0 Å². The van der Waals surface area contributed by atoms with Crippen LogP contribution in [0.3, 0.4) is 0 Å². The lowest BCUT2D eigenvalue weighted by atomic mass is 10.2. The van der Waals surface area contributed by atoms with E-state index in [4.69, 9.17) is 0 Å². The summed E-state index contributed by atoms with van der Waals surface area (Å²) in [5.41, 5.74) is 3.19. The first-order valence-corrected chi connectivity index (χ1v) is 6.30. The Labute approximate surface area is 107 Å². The Morgan fingerprint density at radius 1 is 1.44 bits per heavy atom. The van der Waals surface area contributed by atoms with Crippen LogP contribution in [-0.4, -0.2) is 15.5 Å². The lowest BCUT2D eigenvalue weighted by Crippen LogP contribution is -2.21. The number of fused-ring (bicyclic) bond motifs is 1. The highest BCUT2D eigenvalue weighted by molar-refractivity contribution is 5.78. The van der Waals surface area contributed by atoms with E-state index in [2.05, 4.69) is 20.9 Å². The van der Waals surface area contributed by atoms with Gasteiger partial charge in [-0.2, -0.15) is 0 Å². The van der Waals surface area contributed by atoms with Crippen LogP contribution < -0.4 is 5.32 Å². The van der Waals surface area contributed by atoms with Crippen molar-refractivity contribution in [2.75, 3.05) is 0 Å². The normalized spacial score (nSPS) is 10.8. The Morgan fingerprint density at radius 2 is 2.22 bits per heavy atom. The predicted octanol–water partition coefficient (Wildman–Crippen LogP) is 2.30. The van der Waals surface area contributed by atoms with Gasteiger partial charge in [0.05, 0.1) is 11.0 Å². The molecule has 1 aromatic carbocycles. The van der Waals surface area contributed by atoms with E-state index in [0.29, 0.717) is 13.0 Å². The molecule has 0 unspecified atom stereocenters. The van der Waals surface area contributed by atoms with Crippen molar-refractivity contribution in [2.24, 2.45) is 7.05 Å². The summed E-state index contributed by atoms with van der Waals surface area (Å²) in [5.74, 6) is 1.10. The van der Waals surface area contributed by atoms with Crippen LogP contribution in [-0.2, 0) is 18.4 Å². The number of carbonyl (C=O) groups excluding carboxylic acids is 1. The highest BCUT2D eigenvalue weighted by Gasteiger charge is 2.05. The standard InChI is InChI=1S/C14H19N3O/c1-4-5-14(18)15-9-11-6-7-13-12(8-11)16-10(2)17(13)3/h6-8H,4-5,9H2,1-3H3,(H,15,18). The smallest absolute Gasteiger partial charge is 0.220 e. The molecule has 0 aliphatic rings. The Bertz CT molecular complexity index is 572. The molecule has 96 valence electrons. The van der Waals surface area contributed by atoms with Gasteiger partial charge in [-0.1, -0.05) is 13.0 Å². The van der Waals surface area contributed by atoms with Gasteiger partial charge in [0.25, 0.3) is 0 Å². The lowest BCUT2D eigenvalue weighted by molar-refractivity contribution is -0.121. The number of imidazole rings is 1. The molecular weight excluding hydrogens is 226 g/mol. The van der Waals surface area contributed by atoms with Crippen molar-refractivity contribution < 1.29 is 4.79 Å². The van der Waals surface area contributed by atoms with Crippen molar-refractivity contribution in [3.8, 4) is 0 Å². The van der Waals surface area contributed by atoms with Gasteiger partial charge >= 0.3 is 0 Å². The summed E-state index contributed by atoms with van der Waals surface area (Å²) in [5, 5.41) is 2.91. The second kappa shape index (κ2) is 5.21. The van der Waals surface area contributed by atoms with E-state index < -0.39 is 0 Å². The summed E-state index contributed by atoms with van der Waals surface area (Å²) in [6, 6.07) is 6.13. The monoisotopic (exact) mass is 245 g/mol. The Hall–Kier alpha value is -1.84. The van der Waals surface area contributed by atoms with Crippen LogP contribution in [0.5, 0.6) is 0 Å². The average Bonchev–Trinajstić information content (AvgIpc) is 2.63.